The number of carbonyl (C=O) groups excluding carboxylic acids is 1. The fourth-order valence-electron chi connectivity index (χ4n) is 8.70. The highest BCUT2D eigenvalue weighted by Crippen LogP contribution is 2.49. The van der Waals surface area contributed by atoms with Crippen molar-refractivity contribution in [3.8, 4) is 0 Å². The van der Waals surface area contributed by atoms with Crippen LogP contribution in [0.4, 0.5) is 17.1 Å². The first kappa shape index (κ1) is 24.7. The van der Waals surface area contributed by atoms with Crippen molar-refractivity contribution in [2.45, 2.75) is 87.6 Å². The van der Waals surface area contributed by atoms with Gasteiger partial charge in [0.05, 0.1) is 16.3 Å². The SMILES string of the molecule is O=C1/C(=c2\ccc3cccc4c3c2=[NH+]C2(CCCCC2)N4)C([O-])C1c1ccc2cccc3c2c1NC1(CCCCC1)N3. The van der Waals surface area contributed by atoms with Crippen LogP contribution in [0.1, 0.15) is 75.7 Å². The van der Waals surface area contributed by atoms with Crippen LogP contribution >= 0.6 is 0 Å². The number of hydrogen-bond donors (Lipinski definition) is 4. The second kappa shape index (κ2) is 8.81. The second-order valence-electron chi connectivity index (χ2n) is 13.3. The molecule has 4 aromatic carbocycles. The molecule has 5 aliphatic rings. The lowest BCUT2D eigenvalue weighted by atomic mass is 9.69. The molecular weight excluding hydrogens is 520 g/mol. The van der Waals surface area contributed by atoms with E-state index in [1.54, 1.807) is 0 Å². The molecule has 2 atom stereocenters. The van der Waals surface area contributed by atoms with Gasteiger partial charge in [-0.2, -0.15) is 0 Å². The zero-order chi connectivity index (χ0) is 28.1. The average Bonchev–Trinajstić information content (AvgIpc) is 3.00. The van der Waals surface area contributed by atoms with Crippen molar-refractivity contribution in [1.29, 1.82) is 0 Å². The van der Waals surface area contributed by atoms with Crippen molar-refractivity contribution < 1.29 is 14.9 Å². The van der Waals surface area contributed by atoms with Gasteiger partial charge in [0.1, 0.15) is 5.66 Å². The average molecular weight is 557 g/mol. The van der Waals surface area contributed by atoms with Crippen LogP contribution in [0.3, 0.4) is 0 Å². The van der Waals surface area contributed by atoms with Gasteiger partial charge in [-0.25, -0.2) is 4.99 Å². The Morgan fingerprint density at radius 2 is 1.38 bits per heavy atom. The number of Topliss-reactive ketones (excluding diaryl/α,β-unsaturated/α-hetero) is 1. The van der Waals surface area contributed by atoms with Gasteiger partial charge in [0.15, 0.2) is 5.78 Å². The Labute approximate surface area is 244 Å². The fourth-order valence-corrected chi connectivity index (χ4v) is 8.70. The van der Waals surface area contributed by atoms with Crippen molar-refractivity contribution in [1.82, 2.24) is 0 Å². The first-order valence-electron chi connectivity index (χ1n) is 15.9. The van der Waals surface area contributed by atoms with Crippen LogP contribution < -0.4 is 36.6 Å². The van der Waals surface area contributed by atoms with E-state index in [0.717, 1.165) is 106 Å². The van der Waals surface area contributed by atoms with E-state index in [1.165, 1.54) is 12.8 Å². The number of hydrogen-bond acceptors (Lipinski definition) is 5. The topological polar surface area (TPSA) is 90.2 Å². The molecule has 0 aromatic heterocycles. The molecule has 0 bridgehead atoms. The van der Waals surface area contributed by atoms with Crippen LogP contribution in [0.2, 0.25) is 0 Å². The molecule has 2 heterocycles. The number of carbonyl (C=O) groups is 1. The molecule has 0 saturated heterocycles. The Balaban J connectivity index is 1.21. The highest BCUT2D eigenvalue weighted by molar-refractivity contribution is 6.28. The molecule has 0 radical (unpaired) electrons. The van der Waals surface area contributed by atoms with Gasteiger partial charge in [-0.05, 0) is 78.6 Å². The Morgan fingerprint density at radius 1 is 0.714 bits per heavy atom. The lowest BCUT2D eigenvalue weighted by Gasteiger charge is -2.48. The van der Waals surface area contributed by atoms with Crippen molar-refractivity contribution in [3.63, 3.8) is 0 Å². The summed E-state index contributed by atoms with van der Waals surface area (Å²) in [4.78, 5) is 18.0. The van der Waals surface area contributed by atoms with Crippen molar-refractivity contribution in [2.75, 3.05) is 16.0 Å². The molecule has 0 amide bonds. The summed E-state index contributed by atoms with van der Waals surface area (Å²) in [6, 6.07) is 20.8. The van der Waals surface area contributed by atoms with E-state index in [9.17, 15) is 9.90 Å². The molecule has 6 heteroatoms. The third kappa shape index (κ3) is 3.42. The molecule has 2 unspecified atom stereocenters. The fraction of sp³-hybridized carbons (Fsp3) is 0.389. The van der Waals surface area contributed by atoms with E-state index in [-0.39, 0.29) is 17.1 Å². The standard InChI is InChI=1S/C36H35N4O2/c41-33-29(23-15-13-21-9-7-11-25-27(21)31(23)39-35(37-25)17-3-1-4-18-35)34(42)30(33)24-16-14-22-10-8-12-26-28(22)32(24)40-36(38-26)19-5-2-6-20-36/h7-16,29,33,37-39H,1-6,17-20H2/q-1/p+1/b30-24+. The van der Waals surface area contributed by atoms with E-state index in [4.69, 9.17) is 0 Å². The van der Waals surface area contributed by atoms with E-state index < -0.39 is 12.0 Å². The van der Waals surface area contributed by atoms with Crippen LogP contribution in [-0.4, -0.2) is 23.2 Å². The zero-order valence-corrected chi connectivity index (χ0v) is 23.8. The molecule has 3 saturated carbocycles. The van der Waals surface area contributed by atoms with E-state index in [0.29, 0.717) is 5.57 Å². The Hall–Kier alpha value is -3.90. The maximum absolute atomic E-state index is 14.3. The number of ketones is 1. The number of anilines is 3. The molecule has 4 N–H and O–H groups in total. The normalized spacial score (nSPS) is 26.3. The van der Waals surface area contributed by atoms with E-state index >= 15 is 0 Å². The summed E-state index contributed by atoms with van der Waals surface area (Å²) >= 11 is 0. The third-order valence-electron chi connectivity index (χ3n) is 10.8. The van der Waals surface area contributed by atoms with Gasteiger partial charge in [0.2, 0.25) is 11.0 Å². The molecular formula is C36H36N4O2. The van der Waals surface area contributed by atoms with Crippen LogP contribution in [0, 0.1) is 0 Å². The van der Waals surface area contributed by atoms with Crippen molar-refractivity contribution >= 4 is 50.0 Å². The number of nitrogens with one attached hydrogen (secondary N) is 4. The lowest BCUT2D eigenvalue weighted by Crippen LogP contribution is -2.96. The zero-order valence-electron chi connectivity index (χ0n) is 23.8. The Bertz CT molecular complexity index is 1930. The summed E-state index contributed by atoms with van der Waals surface area (Å²) in [6.07, 6.45) is 10.1. The lowest BCUT2D eigenvalue weighted by molar-refractivity contribution is -0.588. The maximum atomic E-state index is 14.3. The van der Waals surface area contributed by atoms with Crippen LogP contribution in [0.5, 0.6) is 0 Å². The molecule has 3 fully saturated rings. The summed E-state index contributed by atoms with van der Waals surface area (Å²) in [7, 11) is 0. The summed E-state index contributed by atoms with van der Waals surface area (Å²) < 4.78 is 0. The summed E-state index contributed by atoms with van der Waals surface area (Å²) in [5.74, 6) is -0.727. The minimum atomic E-state index is -1.11. The predicted molar refractivity (Wildman–Crippen MR) is 165 cm³/mol. The number of benzene rings is 4. The van der Waals surface area contributed by atoms with E-state index in [2.05, 4.69) is 69.5 Å². The quantitative estimate of drug-likeness (QED) is 0.288. The summed E-state index contributed by atoms with van der Waals surface area (Å²) in [5.41, 5.74) is 3.99. The predicted octanol–water partition coefficient (Wildman–Crippen LogP) is 3.52. The van der Waals surface area contributed by atoms with Gasteiger partial charge in [-0.15, -0.1) is 0 Å². The molecule has 9 rings (SSSR count). The summed E-state index contributed by atoms with van der Waals surface area (Å²) in [6.45, 7) is 0. The molecule has 6 nitrogen and oxygen atoms in total. The Morgan fingerprint density at radius 3 is 2.12 bits per heavy atom. The first-order valence-corrected chi connectivity index (χ1v) is 15.9. The number of rotatable bonds is 1. The largest absolute Gasteiger partial charge is 0.848 e. The molecule has 2 aliphatic heterocycles. The van der Waals surface area contributed by atoms with Gasteiger partial charge in [-0.3, -0.25) is 4.79 Å². The molecule has 2 spiro atoms. The minimum absolute atomic E-state index is 0.0350. The molecule has 42 heavy (non-hydrogen) atoms. The molecule has 212 valence electrons. The van der Waals surface area contributed by atoms with Gasteiger partial charge in [-0.1, -0.05) is 61.4 Å². The van der Waals surface area contributed by atoms with E-state index in [1.807, 2.05) is 12.1 Å². The smallest absolute Gasteiger partial charge is 0.234 e. The molecule has 4 aromatic rings. The van der Waals surface area contributed by atoms with Crippen LogP contribution in [-0.2, 0) is 4.79 Å². The third-order valence-corrected chi connectivity index (χ3v) is 10.8. The highest BCUT2D eigenvalue weighted by atomic mass is 16.3. The van der Waals surface area contributed by atoms with Crippen molar-refractivity contribution in [2.24, 2.45) is 0 Å². The van der Waals surface area contributed by atoms with Gasteiger partial charge < -0.3 is 21.1 Å². The van der Waals surface area contributed by atoms with Crippen molar-refractivity contribution in [3.05, 3.63) is 76.8 Å². The maximum Gasteiger partial charge on any atom is 0.234 e. The first-order chi connectivity index (χ1) is 20.5. The van der Waals surface area contributed by atoms with Gasteiger partial charge in [0, 0.05) is 35.5 Å². The van der Waals surface area contributed by atoms with Crippen LogP contribution in [0.25, 0.3) is 27.1 Å². The monoisotopic (exact) mass is 556 g/mol. The summed E-state index contributed by atoms with van der Waals surface area (Å²) in [5, 5.41) is 31.9. The Kier molecular flexibility index (Phi) is 5.17. The van der Waals surface area contributed by atoms with Gasteiger partial charge in [0.25, 0.3) is 0 Å². The van der Waals surface area contributed by atoms with Crippen LogP contribution in [0.15, 0.2) is 60.7 Å². The molecule has 3 aliphatic carbocycles. The van der Waals surface area contributed by atoms with Gasteiger partial charge >= 0.3 is 0 Å². The highest BCUT2D eigenvalue weighted by Gasteiger charge is 2.45. The minimum Gasteiger partial charge on any atom is -0.848 e. The second-order valence-corrected chi connectivity index (χ2v) is 13.3.